The molecule has 180 valence electrons. The van der Waals surface area contributed by atoms with Crippen molar-refractivity contribution in [1.29, 1.82) is 0 Å². The third kappa shape index (κ3) is 3.33. The molecule has 5 atom stereocenters. The van der Waals surface area contributed by atoms with Crippen LogP contribution in [-0.2, 0) is 14.4 Å². The standard InChI is InChI=1S/C26H29ClN2O5/c1-6-15(5)26(25(33)34)20-19(21(28-26)16-9-13(3)22(30)14(4)10-16)23(31)29(24(20)32)17-8-7-12(2)18(27)11-17/h7-11,15,19-21,28,30H,6H2,1-5H3,(H,33,34). The molecular formula is C26H29ClN2O5. The maximum atomic E-state index is 13.8. The molecule has 0 aromatic heterocycles. The zero-order chi connectivity index (χ0) is 25.1. The monoisotopic (exact) mass is 484 g/mol. The number of hydrogen-bond donors (Lipinski definition) is 3. The van der Waals surface area contributed by atoms with Gasteiger partial charge in [-0.15, -0.1) is 0 Å². The zero-order valence-corrected chi connectivity index (χ0v) is 20.6. The quantitative estimate of drug-likeness (QED) is 0.546. The van der Waals surface area contributed by atoms with Crippen LogP contribution in [0.4, 0.5) is 5.69 Å². The predicted molar refractivity (Wildman–Crippen MR) is 129 cm³/mol. The van der Waals surface area contributed by atoms with Crippen LogP contribution < -0.4 is 10.2 Å². The highest BCUT2D eigenvalue weighted by Gasteiger charge is 2.70. The molecule has 4 rings (SSSR count). The highest BCUT2D eigenvalue weighted by molar-refractivity contribution is 6.32. The summed E-state index contributed by atoms with van der Waals surface area (Å²) in [5.74, 6) is -4.44. The molecule has 0 radical (unpaired) electrons. The molecule has 2 saturated heterocycles. The van der Waals surface area contributed by atoms with E-state index < -0.39 is 47.1 Å². The lowest BCUT2D eigenvalue weighted by atomic mass is 9.72. The van der Waals surface area contributed by atoms with Gasteiger partial charge in [0.05, 0.1) is 17.5 Å². The molecule has 5 unspecified atom stereocenters. The lowest BCUT2D eigenvalue weighted by molar-refractivity contribution is -0.151. The molecule has 0 saturated carbocycles. The fraction of sp³-hybridized carbons (Fsp3) is 0.423. The van der Waals surface area contributed by atoms with Gasteiger partial charge in [-0.1, -0.05) is 50.1 Å². The number of phenolic OH excluding ortho intramolecular Hbond substituents is 1. The fourth-order valence-electron chi connectivity index (χ4n) is 5.55. The zero-order valence-electron chi connectivity index (χ0n) is 19.8. The molecule has 34 heavy (non-hydrogen) atoms. The van der Waals surface area contributed by atoms with Crippen LogP contribution in [0.5, 0.6) is 5.75 Å². The van der Waals surface area contributed by atoms with Gasteiger partial charge >= 0.3 is 5.97 Å². The highest BCUT2D eigenvalue weighted by Crippen LogP contribution is 2.53. The van der Waals surface area contributed by atoms with E-state index in [-0.39, 0.29) is 5.75 Å². The van der Waals surface area contributed by atoms with E-state index in [1.165, 1.54) is 0 Å². The number of amides is 2. The predicted octanol–water partition coefficient (Wildman–Crippen LogP) is 4.29. The van der Waals surface area contributed by atoms with E-state index in [2.05, 4.69) is 5.32 Å². The number of aryl methyl sites for hydroxylation is 3. The summed E-state index contributed by atoms with van der Waals surface area (Å²) in [6.45, 7) is 8.98. The number of carbonyl (C=O) groups excluding carboxylic acids is 2. The molecule has 2 amide bonds. The first-order valence-electron chi connectivity index (χ1n) is 11.4. The first-order chi connectivity index (χ1) is 15.9. The molecule has 0 aliphatic carbocycles. The summed E-state index contributed by atoms with van der Waals surface area (Å²) < 4.78 is 0. The molecule has 7 nitrogen and oxygen atoms in total. The van der Waals surface area contributed by atoms with Crippen molar-refractivity contribution < 1.29 is 24.6 Å². The van der Waals surface area contributed by atoms with Gasteiger partial charge in [0.1, 0.15) is 11.3 Å². The maximum Gasteiger partial charge on any atom is 0.325 e. The van der Waals surface area contributed by atoms with E-state index in [9.17, 15) is 24.6 Å². The Morgan fingerprint density at radius 3 is 2.26 bits per heavy atom. The number of aromatic hydroxyl groups is 1. The molecule has 2 aliphatic rings. The second kappa shape index (κ2) is 8.40. The number of benzene rings is 2. The topological polar surface area (TPSA) is 107 Å². The average molecular weight is 485 g/mol. The maximum absolute atomic E-state index is 13.8. The third-order valence-corrected chi connectivity index (χ3v) is 8.03. The molecule has 8 heteroatoms. The van der Waals surface area contributed by atoms with Gasteiger partial charge in [-0.2, -0.15) is 0 Å². The minimum Gasteiger partial charge on any atom is -0.507 e. The number of nitrogens with one attached hydrogen (secondary N) is 1. The number of nitrogens with zero attached hydrogens (tertiary/aromatic N) is 1. The van der Waals surface area contributed by atoms with Crippen LogP contribution in [0.3, 0.4) is 0 Å². The largest absolute Gasteiger partial charge is 0.507 e. The third-order valence-electron chi connectivity index (χ3n) is 7.62. The Morgan fingerprint density at radius 2 is 1.74 bits per heavy atom. The highest BCUT2D eigenvalue weighted by atomic mass is 35.5. The van der Waals surface area contributed by atoms with Gasteiger partial charge in [0, 0.05) is 11.1 Å². The van der Waals surface area contributed by atoms with Gasteiger partial charge in [0.2, 0.25) is 11.8 Å². The van der Waals surface area contributed by atoms with E-state index in [1.807, 2.05) is 13.8 Å². The number of halogens is 1. The van der Waals surface area contributed by atoms with Gasteiger partial charge < -0.3 is 10.2 Å². The number of carbonyl (C=O) groups is 3. The molecule has 2 aromatic rings. The van der Waals surface area contributed by atoms with E-state index in [1.54, 1.807) is 51.1 Å². The summed E-state index contributed by atoms with van der Waals surface area (Å²) in [6, 6.07) is 7.73. The van der Waals surface area contributed by atoms with Gasteiger partial charge in [0.25, 0.3) is 0 Å². The van der Waals surface area contributed by atoms with Crippen molar-refractivity contribution in [3.05, 3.63) is 57.6 Å². The summed E-state index contributed by atoms with van der Waals surface area (Å²) in [5, 5.41) is 24.4. The first-order valence-corrected chi connectivity index (χ1v) is 11.8. The smallest absolute Gasteiger partial charge is 0.325 e. The van der Waals surface area contributed by atoms with Crippen LogP contribution in [0.1, 0.15) is 48.6 Å². The molecule has 2 aromatic carbocycles. The molecule has 3 N–H and O–H groups in total. The second-order valence-electron chi connectivity index (χ2n) is 9.56. The van der Waals surface area contributed by atoms with Crippen molar-refractivity contribution in [2.24, 2.45) is 17.8 Å². The van der Waals surface area contributed by atoms with Gasteiger partial charge in [-0.3, -0.25) is 19.7 Å². The molecule has 2 fully saturated rings. The van der Waals surface area contributed by atoms with Crippen molar-refractivity contribution in [3.8, 4) is 5.75 Å². The van der Waals surface area contributed by atoms with Crippen LogP contribution >= 0.6 is 11.6 Å². The average Bonchev–Trinajstić information content (AvgIpc) is 3.28. The molecule has 2 aliphatic heterocycles. The van der Waals surface area contributed by atoms with Crippen molar-refractivity contribution in [2.75, 3.05) is 4.90 Å². The van der Waals surface area contributed by atoms with Crippen LogP contribution in [0.25, 0.3) is 0 Å². The van der Waals surface area contributed by atoms with Crippen LogP contribution in [-0.4, -0.2) is 33.5 Å². The Kier molecular flexibility index (Phi) is 5.98. The molecule has 0 spiro atoms. The number of carboxylic acids is 1. The summed E-state index contributed by atoms with van der Waals surface area (Å²) >= 11 is 6.28. The number of anilines is 1. The van der Waals surface area contributed by atoms with E-state index in [4.69, 9.17) is 11.6 Å². The Bertz CT molecular complexity index is 1190. The van der Waals surface area contributed by atoms with E-state index in [0.29, 0.717) is 33.8 Å². The van der Waals surface area contributed by atoms with Crippen LogP contribution in [0.2, 0.25) is 5.02 Å². The Hall–Kier alpha value is -2.90. The SMILES string of the molecule is CCC(C)C1(C(=O)O)NC(c2cc(C)c(O)c(C)c2)C2C(=O)N(c3ccc(C)c(Cl)c3)C(=O)C21. The number of carboxylic acid groups (broad SMARTS) is 1. The van der Waals surface area contributed by atoms with Crippen LogP contribution in [0, 0.1) is 38.5 Å². The number of fused-ring (bicyclic) bond motifs is 1. The lowest BCUT2D eigenvalue weighted by Gasteiger charge is -2.36. The minimum atomic E-state index is -1.63. The Labute approximate surface area is 203 Å². The molecule has 0 bridgehead atoms. The summed E-state index contributed by atoms with van der Waals surface area (Å²) in [7, 11) is 0. The van der Waals surface area contributed by atoms with Gasteiger partial charge in [-0.25, -0.2) is 4.90 Å². The Morgan fingerprint density at radius 1 is 1.12 bits per heavy atom. The number of rotatable bonds is 5. The van der Waals surface area contributed by atoms with Gasteiger partial charge in [0.15, 0.2) is 0 Å². The van der Waals surface area contributed by atoms with Crippen molar-refractivity contribution in [2.45, 2.75) is 52.6 Å². The van der Waals surface area contributed by atoms with Gasteiger partial charge in [-0.05, 0) is 61.1 Å². The second-order valence-corrected chi connectivity index (χ2v) is 9.96. The van der Waals surface area contributed by atoms with E-state index in [0.717, 1.165) is 10.5 Å². The summed E-state index contributed by atoms with van der Waals surface area (Å²) in [5.41, 5.74) is 1.41. The molecular weight excluding hydrogens is 456 g/mol. The summed E-state index contributed by atoms with van der Waals surface area (Å²) in [4.78, 5) is 41.5. The molecule has 2 heterocycles. The fourth-order valence-corrected chi connectivity index (χ4v) is 5.73. The number of hydrogen-bond acceptors (Lipinski definition) is 5. The summed E-state index contributed by atoms with van der Waals surface area (Å²) in [6.07, 6.45) is 0.501. The van der Waals surface area contributed by atoms with Crippen LogP contribution in [0.15, 0.2) is 30.3 Å². The van der Waals surface area contributed by atoms with Crippen molar-refractivity contribution in [1.82, 2.24) is 5.32 Å². The minimum absolute atomic E-state index is 0.148. The normalized spacial score (nSPS) is 27.2. The van der Waals surface area contributed by atoms with Crippen molar-refractivity contribution in [3.63, 3.8) is 0 Å². The number of imide groups is 1. The van der Waals surface area contributed by atoms with E-state index >= 15 is 0 Å². The lowest BCUT2D eigenvalue weighted by Crippen LogP contribution is -2.59. The van der Waals surface area contributed by atoms with Crippen molar-refractivity contribution >= 4 is 35.1 Å². The first kappa shape index (κ1) is 24.2. The number of aliphatic carboxylic acids is 1. The Balaban J connectivity index is 1.92. The number of phenols is 1.